The second-order valence-electron chi connectivity index (χ2n) is 3.91. The van der Waals surface area contributed by atoms with Crippen molar-refractivity contribution in [2.75, 3.05) is 7.05 Å². The van der Waals surface area contributed by atoms with Crippen LogP contribution in [0, 0.1) is 6.92 Å². The van der Waals surface area contributed by atoms with Gasteiger partial charge in [-0.3, -0.25) is 0 Å². The summed E-state index contributed by atoms with van der Waals surface area (Å²) < 4.78 is 30.4. The lowest BCUT2D eigenvalue weighted by Crippen LogP contribution is -2.17. The fourth-order valence-electron chi connectivity index (χ4n) is 1.47. The third-order valence-electron chi connectivity index (χ3n) is 2.41. The van der Waals surface area contributed by atoms with Gasteiger partial charge in [0.2, 0.25) is 5.09 Å². The van der Waals surface area contributed by atoms with Crippen LogP contribution in [0.2, 0.25) is 0 Å². The molecule has 0 spiro atoms. The van der Waals surface area contributed by atoms with E-state index in [0.717, 1.165) is 10.7 Å². The maximum Gasteiger partial charge on any atom is 0.273 e. The van der Waals surface area contributed by atoms with Crippen LogP contribution < -0.4 is 10.0 Å². The second kappa shape index (κ2) is 5.83. The van der Waals surface area contributed by atoms with Crippen molar-refractivity contribution in [1.29, 1.82) is 0 Å². The van der Waals surface area contributed by atoms with Gasteiger partial charge in [-0.25, -0.2) is 18.1 Å². The zero-order valence-electron chi connectivity index (χ0n) is 10.6. The molecule has 0 amide bonds. The number of sulfonamides is 1. The highest BCUT2D eigenvalue weighted by molar-refractivity contribution is 7.89. The van der Waals surface area contributed by atoms with Crippen molar-refractivity contribution >= 4 is 21.4 Å². The molecule has 2 aromatic heterocycles. The fraction of sp³-hybridized carbons (Fsp3) is 0.364. The molecule has 0 bridgehead atoms. The van der Waals surface area contributed by atoms with Crippen LogP contribution >= 0.6 is 11.3 Å². The summed E-state index contributed by atoms with van der Waals surface area (Å²) in [5, 5.41) is 6.06. The predicted octanol–water partition coefficient (Wildman–Crippen LogP) is 1.24. The van der Waals surface area contributed by atoms with Crippen molar-refractivity contribution in [2.45, 2.75) is 25.1 Å². The van der Waals surface area contributed by atoms with Gasteiger partial charge in [-0.1, -0.05) is 0 Å². The third kappa shape index (κ3) is 3.63. The van der Waals surface area contributed by atoms with Crippen LogP contribution in [-0.4, -0.2) is 20.4 Å². The number of hydrogen-bond donors (Lipinski definition) is 2. The van der Waals surface area contributed by atoms with Gasteiger partial charge in [-0.15, -0.1) is 11.3 Å². The minimum absolute atomic E-state index is 0.0723. The minimum Gasteiger partial charge on any atom is -0.447 e. The molecule has 0 aliphatic carbocycles. The Bertz CT molecular complexity index is 646. The predicted molar refractivity (Wildman–Crippen MR) is 72.3 cm³/mol. The molecule has 0 saturated carbocycles. The highest BCUT2D eigenvalue weighted by Gasteiger charge is 2.15. The first-order valence-corrected chi connectivity index (χ1v) is 8.01. The number of rotatable bonds is 6. The molecule has 0 aromatic carbocycles. The normalized spacial score (nSPS) is 11.9. The number of nitrogens with one attached hydrogen (secondary N) is 2. The lowest BCUT2D eigenvalue weighted by atomic mass is 10.4. The van der Waals surface area contributed by atoms with Crippen LogP contribution in [-0.2, 0) is 23.1 Å². The van der Waals surface area contributed by atoms with Gasteiger partial charge in [0, 0.05) is 17.6 Å². The van der Waals surface area contributed by atoms with Gasteiger partial charge < -0.3 is 9.73 Å². The highest BCUT2D eigenvalue weighted by Crippen LogP contribution is 2.13. The average Bonchev–Trinajstić information content (AvgIpc) is 2.99. The van der Waals surface area contributed by atoms with E-state index in [0.29, 0.717) is 18.8 Å². The maximum atomic E-state index is 11.5. The van der Waals surface area contributed by atoms with Crippen LogP contribution in [0.4, 0.5) is 0 Å². The fourth-order valence-corrected chi connectivity index (χ4v) is 2.88. The Morgan fingerprint density at radius 1 is 1.37 bits per heavy atom. The molecule has 0 radical (unpaired) electrons. The summed E-state index contributed by atoms with van der Waals surface area (Å²) in [6, 6.07) is 3.08. The Balaban J connectivity index is 1.90. The number of aromatic nitrogens is 1. The van der Waals surface area contributed by atoms with E-state index >= 15 is 0 Å². The van der Waals surface area contributed by atoms with Gasteiger partial charge in [0.25, 0.3) is 10.0 Å². The molecule has 0 atom stereocenters. The van der Waals surface area contributed by atoms with E-state index in [9.17, 15) is 8.42 Å². The summed E-state index contributed by atoms with van der Waals surface area (Å²) in [6.07, 6.45) is 0. The van der Waals surface area contributed by atoms with Gasteiger partial charge >= 0.3 is 0 Å². The van der Waals surface area contributed by atoms with Gasteiger partial charge in [0.05, 0.1) is 6.54 Å². The van der Waals surface area contributed by atoms with Crippen molar-refractivity contribution in [2.24, 2.45) is 0 Å². The smallest absolute Gasteiger partial charge is 0.273 e. The number of thiazole rings is 1. The summed E-state index contributed by atoms with van der Waals surface area (Å²) in [5.74, 6) is 0.571. The van der Waals surface area contributed by atoms with Crippen molar-refractivity contribution < 1.29 is 12.8 Å². The summed E-state index contributed by atoms with van der Waals surface area (Å²) in [4.78, 5) is 4.32. The Morgan fingerprint density at radius 2 is 2.16 bits per heavy atom. The van der Waals surface area contributed by atoms with Crippen molar-refractivity contribution in [3.8, 4) is 0 Å². The first-order valence-electron chi connectivity index (χ1n) is 5.65. The summed E-state index contributed by atoms with van der Waals surface area (Å²) in [5.41, 5.74) is 1.00. The number of furan rings is 1. The quantitative estimate of drug-likeness (QED) is 0.838. The number of aryl methyl sites for hydroxylation is 1. The molecule has 0 aliphatic heterocycles. The van der Waals surface area contributed by atoms with Gasteiger partial charge in [0.15, 0.2) is 0 Å². The summed E-state index contributed by atoms with van der Waals surface area (Å²) >= 11 is 1.59. The van der Waals surface area contributed by atoms with E-state index in [-0.39, 0.29) is 5.09 Å². The summed E-state index contributed by atoms with van der Waals surface area (Å²) in [7, 11) is -2.16. The number of hydrogen-bond acceptors (Lipinski definition) is 6. The molecule has 0 saturated heterocycles. The van der Waals surface area contributed by atoms with E-state index in [1.54, 1.807) is 17.4 Å². The monoisotopic (exact) mass is 301 g/mol. The zero-order chi connectivity index (χ0) is 13.9. The molecule has 0 fully saturated rings. The van der Waals surface area contributed by atoms with Crippen molar-refractivity contribution in [3.05, 3.63) is 34.0 Å². The first-order chi connectivity index (χ1) is 9.01. The van der Waals surface area contributed by atoms with Crippen LogP contribution in [0.5, 0.6) is 0 Å². The number of nitrogens with zero attached hydrogens (tertiary/aromatic N) is 1. The van der Waals surface area contributed by atoms with E-state index in [1.807, 2.05) is 12.3 Å². The molecule has 6 nitrogen and oxygen atoms in total. The molecule has 2 heterocycles. The highest BCUT2D eigenvalue weighted by atomic mass is 32.2. The largest absolute Gasteiger partial charge is 0.447 e. The molecule has 0 unspecified atom stereocenters. The van der Waals surface area contributed by atoms with E-state index in [1.165, 1.54) is 13.1 Å². The Kier molecular flexibility index (Phi) is 4.35. The van der Waals surface area contributed by atoms with E-state index in [2.05, 4.69) is 15.0 Å². The first kappa shape index (κ1) is 14.2. The minimum atomic E-state index is -3.51. The van der Waals surface area contributed by atoms with Crippen LogP contribution in [0.1, 0.15) is 16.5 Å². The Morgan fingerprint density at radius 3 is 2.79 bits per heavy atom. The lowest BCUT2D eigenvalue weighted by molar-refractivity contribution is 0.400. The molecular weight excluding hydrogens is 286 g/mol. The van der Waals surface area contributed by atoms with Crippen LogP contribution in [0.25, 0.3) is 0 Å². The SMILES string of the molecule is CNS(=O)(=O)c1ccc(CNCc2nc(C)cs2)o1. The molecule has 19 heavy (non-hydrogen) atoms. The van der Waals surface area contributed by atoms with Crippen molar-refractivity contribution in [3.63, 3.8) is 0 Å². The Hall–Kier alpha value is -1.22. The zero-order valence-corrected chi connectivity index (χ0v) is 12.3. The molecule has 2 rings (SSSR count). The standard InChI is InChI=1S/C11H15N3O3S2/c1-8-7-18-10(14-8)6-13-5-9-3-4-11(17-9)19(15,16)12-2/h3-4,7,12-13H,5-6H2,1-2H3. The Labute approximate surface area is 115 Å². The maximum absolute atomic E-state index is 11.5. The van der Waals surface area contributed by atoms with Crippen molar-refractivity contribution in [1.82, 2.24) is 15.0 Å². The molecular formula is C11H15N3O3S2. The molecule has 2 aromatic rings. The molecule has 104 valence electrons. The van der Waals surface area contributed by atoms with Crippen LogP contribution in [0.15, 0.2) is 27.0 Å². The summed E-state index contributed by atoms with van der Waals surface area (Å²) in [6.45, 7) is 3.03. The van der Waals surface area contributed by atoms with E-state index < -0.39 is 10.0 Å². The third-order valence-corrected chi connectivity index (χ3v) is 4.67. The van der Waals surface area contributed by atoms with Gasteiger partial charge in [0.1, 0.15) is 10.8 Å². The molecule has 0 aliphatic rings. The van der Waals surface area contributed by atoms with Gasteiger partial charge in [-0.2, -0.15) is 0 Å². The van der Waals surface area contributed by atoms with Crippen LogP contribution in [0.3, 0.4) is 0 Å². The second-order valence-corrected chi connectivity index (χ2v) is 6.67. The average molecular weight is 301 g/mol. The molecule has 8 heteroatoms. The lowest BCUT2D eigenvalue weighted by Gasteiger charge is -2.00. The molecule has 2 N–H and O–H groups in total. The topological polar surface area (TPSA) is 84.2 Å². The van der Waals surface area contributed by atoms with Gasteiger partial charge in [-0.05, 0) is 26.1 Å². The van der Waals surface area contributed by atoms with E-state index in [4.69, 9.17) is 4.42 Å².